The summed E-state index contributed by atoms with van der Waals surface area (Å²) in [5.74, 6) is 0.206. The Hall–Kier alpha value is -1.34. The van der Waals surface area contributed by atoms with E-state index in [9.17, 15) is 4.79 Å². The molecular weight excluding hydrogens is 276 g/mol. The number of carbonyl (C=O) groups is 1. The minimum atomic E-state index is -0.110. The van der Waals surface area contributed by atoms with Crippen LogP contribution in [0.2, 0.25) is 0 Å². The lowest BCUT2D eigenvalue weighted by Gasteiger charge is -2.28. The van der Waals surface area contributed by atoms with Gasteiger partial charge in [0.25, 0.3) is 5.91 Å². The van der Waals surface area contributed by atoms with Gasteiger partial charge < -0.3 is 21.1 Å². The van der Waals surface area contributed by atoms with Gasteiger partial charge in [-0.15, -0.1) is 0 Å². The number of rotatable bonds is 4. The fourth-order valence-corrected chi connectivity index (χ4v) is 3.21. The summed E-state index contributed by atoms with van der Waals surface area (Å²) in [6.07, 6.45) is 4.23. The summed E-state index contributed by atoms with van der Waals surface area (Å²) in [7, 11) is 0. The number of nitrogens with two attached hydrogens (primary N) is 1. The van der Waals surface area contributed by atoms with Gasteiger partial charge >= 0.3 is 0 Å². The van der Waals surface area contributed by atoms with Crippen LogP contribution in [-0.2, 0) is 4.74 Å². The van der Waals surface area contributed by atoms with Crippen LogP contribution in [0.15, 0.2) is 0 Å². The normalized spacial score (nSPS) is 26.2. The maximum atomic E-state index is 12.2. The number of ether oxygens (including phenoxy) is 1. The molecule has 1 saturated heterocycles. The summed E-state index contributed by atoms with van der Waals surface area (Å²) >= 11 is 1.26. The van der Waals surface area contributed by atoms with Crippen molar-refractivity contribution in [3.63, 3.8) is 0 Å². The standard InChI is InChI=1S/C13H20N4O2S/c1-7-6-9(4-5-19-7)16-13-10(11(14)17-20-13)12(18)15-8-2-3-8/h7-9,16H,2-6H2,1H3,(H2,14,17)(H,15,18). The highest BCUT2D eigenvalue weighted by Gasteiger charge is 2.28. The molecule has 2 atom stereocenters. The molecule has 2 heterocycles. The van der Waals surface area contributed by atoms with Crippen LogP contribution in [0.5, 0.6) is 0 Å². The van der Waals surface area contributed by atoms with E-state index in [-0.39, 0.29) is 12.0 Å². The fraction of sp³-hybridized carbons (Fsp3) is 0.692. The molecule has 1 aliphatic carbocycles. The Labute approximate surface area is 122 Å². The zero-order chi connectivity index (χ0) is 14.1. The number of hydrogen-bond donors (Lipinski definition) is 3. The fourth-order valence-electron chi connectivity index (χ4n) is 2.42. The largest absolute Gasteiger partial charge is 0.382 e. The molecule has 7 heteroatoms. The van der Waals surface area contributed by atoms with Crippen LogP contribution < -0.4 is 16.4 Å². The second-order valence-electron chi connectivity index (χ2n) is 5.57. The smallest absolute Gasteiger partial charge is 0.258 e. The number of amides is 1. The van der Waals surface area contributed by atoms with Crippen LogP contribution in [0, 0.1) is 0 Å². The van der Waals surface area contributed by atoms with E-state index in [4.69, 9.17) is 10.5 Å². The lowest BCUT2D eigenvalue weighted by Crippen LogP contribution is -2.33. The topological polar surface area (TPSA) is 89.3 Å². The highest BCUT2D eigenvalue weighted by Crippen LogP contribution is 2.30. The van der Waals surface area contributed by atoms with Crippen molar-refractivity contribution >= 4 is 28.3 Å². The third kappa shape index (κ3) is 3.04. The van der Waals surface area contributed by atoms with E-state index in [1.165, 1.54) is 11.5 Å². The van der Waals surface area contributed by atoms with Crippen molar-refractivity contribution in [1.82, 2.24) is 9.69 Å². The van der Waals surface area contributed by atoms with Crippen LogP contribution in [0.25, 0.3) is 0 Å². The zero-order valence-corrected chi connectivity index (χ0v) is 12.3. The van der Waals surface area contributed by atoms with E-state index in [1.54, 1.807) is 0 Å². The molecule has 4 N–H and O–H groups in total. The summed E-state index contributed by atoms with van der Waals surface area (Å²) in [6, 6.07) is 0.629. The Morgan fingerprint density at radius 1 is 1.40 bits per heavy atom. The van der Waals surface area contributed by atoms with Gasteiger partial charge in [0.2, 0.25) is 0 Å². The maximum absolute atomic E-state index is 12.2. The van der Waals surface area contributed by atoms with Crippen molar-refractivity contribution in [2.45, 2.75) is 50.8 Å². The highest BCUT2D eigenvalue weighted by molar-refractivity contribution is 7.11. The molecule has 1 aliphatic heterocycles. The minimum absolute atomic E-state index is 0.110. The number of anilines is 2. The molecule has 2 fully saturated rings. The molecule has 1 aromatic heterocycles. The lowest BCUT2D eigenvalue weighted by molar-refractivity contribution is 0.0233. The number of aromatic nitrogens is 1. The van der Waals surface area contributed by atoms with Gasteiger partial charge in [0.1, 0.15) is 10.6 Å². The van der Waals surface area contributed by atoms with Gasteiger partial charge in [-0.25, -0.2) is 0 Å². The van der Waals surface area contributed by atoms with E-state index >= 15 is 0 Å². The van der Waals surface area contributed by atoms with Crippen molar-refractivity contribution in [2.75, 3.05) is 17.7 Å². The van der Waals surface area contributed by atoms with Gasteiger partial charge in [-0.1, -0.05) is 0 Å². The lowest BCUT2D eigenvalue weighted by atomic mass is 10.0. The van der Waals surface area contributed by atoms with E-state index < -0.39 is 0 Å². The van der Waals surface area contributed by atoms with Gasteiger partial charge in [-0.05, 0) is 44.1 Å². The Morgan fingerprint density at radius 2 is 2.20 bits per heavy atom. The average Bonchev–Trinajstić information content (AvgIpc) is 3.13. The summed E-state index contributed by atoms with van der Waals surface area (Å²) in [6.45, 7) is 2.81. The van der Waals surface area contributed by atoms with Crippen LogP contribution in [-0.4, -0.2) is 35.1 Å². The Kier molecular flexibility index (Phi) is 3.80. The predicted molar refractivity (Wildman–Crippen MR) is 79.1 cm³/mol. The van der Waals surface area contributed by atoms with Gasteiger partial charge in [0.15, 0.2) is 5.82 Å². The monoisotopic (exact) mass is 296 g/mol. The molecule has 3 rings (SSSR count). The van der Waals surface area contributed by atoms with Crippen molar-refractivity contribution in [3.8, 4) is 0 Å². The Bertz CT molecular complexity index is 501. The molecule has 0 radical (unpaired) electrons. The molecule has 0 bridgehead atoms. The van der Waals surface area contributed by atoms with Crippen LogP contribution in [0.3, 0.4) is 0 Å². The second kappa shape index (κ2) is 5.57. The molecule has 0 aromatic carbocycles. The number of hydrogen-bond acceptors (Lipinski definition) is 6. The molecule has 20 heavy (non-hydrogen) atoms. The van der Waals surface area contributed by atoms with Gasteiger partial charge in [-0.2, -0.15) is 4.37 Å². The molecule has 2 aliphatic rings. The zero-order valence-electron chi connectivity index (χ0n) is 11.5. The number of nitrogen functional groups attached to an aromatic ring is 1. The summed E-state index contributed by atoms with van der Waals surface area (Å²) < 4.78 is 9.65. The molecule has 1 amide bonds. The number of carbonyl (C=O) groups excluding carboxylic acids is 1. The Balaban J connectivity index is 1.70. The van der Waals surface area contributed by atoms with Crippen molar-refractivity contribution in [2.24, 2.45) is 0 Å². The first-order valence-electron chi connectivity index (χ1n) is 7.07. The molecule has 2 unspecified atom stereocenters. The second-order valence-corrected chi connectivity index (χ2v) is 6.34. The van der Waals surface area contributed by atoms with Crippen molar-refractivity contribution in [1.29, 1.82) is 0 Å². The Morgan fingerprint density at radius 3 is 2.90 bits per heavy atom. The average molecular weight is 296 g/mol. The van der Waals surface area contributed by atoms with Crippen LogP contribution in [0.4, 0.5) is 10.8 Å². The molecule has 1 saturated carbocycles. The SMILES string of the molecule is CC1CC(Nc2snc(N)c2C(=O)NC2CC2)CCO1. The van der Waals surface area contributed by atoms with Gasteiger partial charge in [0.05, 0.1) is 6.10 Å². The van der Waals surface area contributed by atoms with Crippen LogP contribution in [0.1, 0.15) is 43.0 Å². The third-order valence-electron chi connectivity index (χ3n) is 3.68. The predicted octanol–water partition coefficient (Wildman–Crippen LogP) is 1.60. The molecule has 6 nitrogen and oxygen atoms in total. The molecule has 110 valence electrons. The summed E-state index contributed by atoms with van der Waals surface area (Å²) in [5, 5.41) is 7.15. The number of nitrogens with one attached hydrogen (secondary N) is 2. The van der Waals surface area contributed by atoms with E-state index in [1.807, 2.05) is 0 Å². The third-order valence-corrected chi connectivity index (χ3v) is 4.47. The van der Waals surface area contributed by atoms with E-state index in [2.05, 4.69) is 21.9 Å². The first-order valence-corrected chi connectivity index (χ1v) is 7.85. The van der Waals surface area contributed by atoms with Crippen molar-refractivity contribution in [3.05, 3.63) is 5.56 Å². The highest BCUT2D eigenvalue weighted by atomic mass is 32.1. The summed E-state index contributed by atoms with van der Waals surface area (Å²) in [4.78, 5) is 12.2. The first kappa shape index (κ1) is 13.6. The number of nitrogens with zero attached hydrogens (tertiary/aromatic N) is 1. The van der Waals surface area contributed by atoms with Crippen molar-refractivity contribution < 1.29 is 9.53 Å². The van der Waals surface area contributed by atoms with E-state index in [0.29, 0.717) is 23.5 Å². The molecule has 0 spiro atoms. The first-order chi connectivity index (χ1) is 9.63. The van der Waals surface area contributed by atoms with Gasteiger partial charge in [0, 0.05) is 18.7 Å². The molecule has 1 aromatic rings. The van der Waals surface area contributed by atoms with Gasteiger partial charge in [-0.3, -0.25) is 4.79 Å². The minimum Gasteiger partial charge on any atom is -0.382 e. The summed E-state index contributed by atoms with van der Waals surface area (Å²) in [5.41, 5.74) is 6.35. The van der Waals surface area contributed by atoms with E-state index in [0.717, 1.165) is 37.3 Å². The quantitative estimate of drug-likeness (QED) is 0.785. The maximum Gasteiger partial charge on any atom is 0.258 e. The van der Waals surface area contributed by atoms with Crippen LogP contribution >= 0.6 is 11.5 Å². The molecular formula is C13H20N4O2S.